The highest BCUT2D eigenvalue weighted by molar-refractivity contribution is 7.11. The van der Waals surface area contributed by atoms with Crippen LogP contribution in [0.3, 0.4) is 0 Å². The normalized spacial score (nSPS) is 11.1. The van der Waals surface area contributed by atoms with Crippen LogP contribution in [0, 0.1) is 18.3 Å². The number of aromatic nitrogens is 1. The van der Waals surface area contributed by atoms with Gasteiger partial charge in [0.25, 0.3) is 0 Å². The Morgan fingerprint density at radius 2 is 1.81 bits per heavy atom. The van der Waals surface area contributed by atoms with Crippen LogP contribution in [0.1, 0.15) is 21.7 Å². The molecule has 0 amide bonds. The molecule has 0 saturated heterocycles. The summed E-state index contributed by atoms with van der Waals surface area (Å²) in [4.78, 5) is 4.68. The zero-order valence-corrected chi connectivity index (χ0v) is 18.7. The molecule has 4 nitrogen and oxygen atoms in total. The van der Waals surface area contributed by atoms with E-state index in [1.807, 2.05) is 72.1 Å². The molecule has 0 fully saturated rings. The fraction of sp³-hybridized carbons (Fsp3) is 0.111. The summed E-state index contributed by atoms with van der Waals surface area (Å²) in [6.45, 7) is 2.49. The zero-order chi connectivity index (χ0) is 22.3. The molecular formula is C27H22N2O2S. The number of nitriles is 1. The van der Waals surface area contributed by atoms with E-state index in [0.717, 1.165) is 22.4 Å². The third-order valence-electron chi connectivity index (χ3n) is 4.94. The molecule has 0 bridgehead atoms. The lowest BCUT2D eigenvalue weighted by atomic mass is 10.1. The van der Waals surface area contributed by atoms with Gasteiger partial charge in [0.2, 0.25) is 0 Å². The van der Waals surface area contributed by atoms with Crippen LogP contribution in [0.5, 0.6) is 11.5 Å². The van der Waals surface area contributed by atoms with E-state index in [4.69, 9.17) is 9.47 Å². The van der Waals surface area contributed by atoms with Gasteiger partial charge in [0.05, 0.1) is 18.4 Å². The van der Waals surface area contributed by atoms with Gasteiger partial charge >= 0.3 is 0 Å². The number of hydrogen-bond donors (Lipinski definition) is 0. The van der Waals surface area contributed by atoms with Crippen LogP contribution >= 0.6 is 11.3 Å². The van der Waals surface area contributed by atoms with Gasteiger partial charge in [-0.15, -0.1) is 11.3 Å². The Bertz CT molecular complexity index is 1270. The van der Waals surface area contributed by atoms with Crippen molar-refractivity contribution in [2.75, 3.05) is 7.11 Å². The molecule has 0 aliphatic carbocycles. The third kappa shape index (κ3) is 5.05. The van der Waals surface area contributed by atoms with E-state index in [1.165, 1.54) is 16.9 Å². The van der Waals surface area contributed by atoms with Gasteiger partial charge in [-0.1, -0.05) is 66.2 Å². The van der Waals surface area contributed by atoms with Crippen molar-refractivity contribution in [3.63, 3.8) is 0 Å². The van der Waals surface area contributed by atoms with Crippen LogP contribution in [0.4, 0.5) is 0 Å². The molecule has 1 aromatic heterocycles. The number of aryl methyl sites for hydroxylation is 1. The minimum absolute atomic E-state index is 0.432. The number of ether oxygens (including phenoxy) is 2. The van der Waals surface area contributed by atoms with E-state index < -0.39 is 0 Å². The number of benzene rings is 3. The lowest BCUT2D eigenvalue weighted by Gasteiger charge is -2.11. The molecule has 4 rings (SSSR count). The Labute approximate surface area is 192 Å². The number of thiazole rings is 1. The molecule has 0 atom stereocenters. The second-order valence-electron chi connectivity index (χ2n) is 7.26. The van der Waals surface area contributed by atoms with Crippen LogP contribution in [-0.2, 0) is 6.61 Å². The van der Waals surface area contributed by atoms with Crippen molar-refractivity contribution in [3.8, 4) is 28.8 Å². The number of rotatable bonds is 7. The molecule has 0 N–H and O–H groups in total. The zero-order valence-electron chi connectivity index (χ0n) is 17.9. The molecule has 0 aliphatic heterocycles. The summed E-state index contributed by atoms with van der Waals surface area (Å²) in [7, 11) is 1.61. The highest BCUT2D eigenvalue weighted by Crippen LogP contribution is 2.32. The van der Waals surface area contributed by atoms with E-state index in [1.54, 1.807) is 7.11 Å². The van der Waals surface area contributed by atoms with Crippen molar-refractivity contribution in [3.05, 3.63) is 99.9 Å². The third-order valence-corrected chi connectivity index (χ3v) is 5.81. The summed E-state index contributed by atoms with van der Waals surface area (Å²) in [6.07, 6.45) is 1.83. The first-order chi connectivity index (χ1) is 15.7. The quantitative estimate of drug-likeness (QED) is 0.299. The van der Waals surface area contributed by atoms with E-state index >= 15 is 0 Å². The Balaban J connectivity index is 1.59. The average molecular weight is 439 g/mol. The second-order valence-corrected chi connectivity index (χ2v) is 8.12. The summed E-state index contributed by atoms with van der Waals surface area (Å²) < 4.78 is 11.4. The summed E-state index contributed by atoms with van der Waals surface area (Å²) in [5.41, 5.74) is 5.53. The monoisotopic (exact) mass is 438 g/mol. The molecule has 3 aromatic carbocycles. The lowest BCUT2D eigenvalue weighted by Crippen LogP contribution is -1.98. The molecule has 1 heterocycles. The molecule has 0 aliphatic rings. The Morgan fingerprint density at radius 3 is 2.53 bits per heavy atom. The predicted molar refractivity (Wildman–Crippen MR) is 130 cm³/mol. The SMILES string of the molecule is COc1ccc(/C=C(/C#N)c2nc(-c3ccc(C)cc3)cs2)cc1OCc1ccccc1. The summed E-state index contributed by atoms with van der Waals surface area (Å²) in [5, 5.41) is 12.4. The van der Waals surface area contributed by atoms with Gasteiger partial charge in [-0.3, -0.25) is 0 Å². The first-order valence-electron chi connectivity index (χ1n) is 10.2. The first-order valence-corrected chi connectivity index (χ1v) is 11.0. The number of hydrogen-bond acceptors (Lipinski definition) is 5. The summed E-state index contributed by atoms with van der Waals surface area (Å²) in [6, 6.07) is 26.1. The molecule has 0 radical (unpaired) electrons. The van der Waals surface area contributed by atoms with Crippen molar-refractivity contribution in [2.45, 2.75) is 13.5 Å². The van der Waals surface area contributed by atoms with Crippen molar-refractivity contribution in [1.82, 2.24) is 4.98 Å². The van der Waals surface area contributed by atoms with Gasteiger partial charge in [-0.05, 0) is 36.3 Å². The predicted octanol–water partition coefficient (Wildman–Crippen LogP) is 6.77. The maximum Gasteiger partial charge on any atom is 0.162 e. The Kier molecular flexibility index (Phi) is 6.64. The molecular weight excluding hydrogens is 416 g/mol. The van der Waals surface area contributed by atoms with E-state index in [0.29, 0.717) is 28.7 Å². The maximum absolute atomic E-state index is 9.77. The van der Waals surface area contributed by atoms with Gasteiger partial charge in [-0.25, -0.2) is 4.98 Å². The Hall–Kier alpha value is -3.88. The van der Waals surface area contributed by atoms with E-state index in [9.17, 15) is 5.26 Å². The van der Waals surface area contributed by atoms with Gasteiger partial charge in [0.15, 0.2) is 11.5 Å². The largest absolute Gasteiger partial charge is 0.493 e. The lowest BCUT2D eigenvalue weighted by molar-refractivity contribution is 0.284. The van der Waals surface area contributed by atoms with Crippen molar-refractivity contribution in [2.24, 2.45) is 0 Å². The standard InChI is InChI=1S/C27H22N2O2S/c1-19-8-11-22(12-9-19)24-18-32-27(29-24)23(16-28)14-21-10-13-25(30-2)26(15-21)31-17-20-6-4-3-5-7-20/h3-15,18H,17H2,1-2H3/b23-14-. The number of methoxy groups -OCH3 is 1. The molecule has 158 valence electrons. The van der Waals surface area contributed by atoms with Gasteiger partial charge in [0.1, 0.15) is 17.7 Å². The van der Waals surface area contributed by atoms with E-state index in [2.05, 4.69) is 30.1 Å². The number of allylic oxidation sites excluding steroid dienone is 1. The Morgan fingerprint density at radius 1 is 1.03 bits per heavy atom. The maximum atomic E-state index is 9.77. The highest BCUT2D eigenvalue weighted by atomic mass is 32.1. The van der Waals surface area contributed by atoms with Crippen LogP contribution in [0.2, 0.25) is 0 Å². The molecule has 0 saturated carbocycles. The molecule has 0 spiro atoms. The summed E-state index contributed by atoms with van der Waals surface area (Å²) >= 11 is 1.46. The van der Waals surface area contributed by atoms with Crippen molar-refractivity contribution < 1.29 is 9.47 Å². The fourth-order valence-electron chi connectivity index (χ4n) is 3.19. The highest BCUT2D eigenvalue weighted by Gasteiger charge is 2.11. The van der Waals surface area contributed by atoms with E-state index in [-0.39, 0.29) is 0 Å². The molecule has 5 heteroatoms. The van der Waals surface area contributed by atoms with Crippen molar-refractivity contribution >= 4 is 23.0 Å². The fourth-order valence-corrected chi connectivity index (χ4v) is 3.99. The molecule has 4 aromatic rings. The first kappa shape index (κ1) is 21.4. The minimum atomic E-state index is 0.432. The smallest absolute Gasteiger partial charge is 0.162 e. The molecule has 32 heavy (non-hydrogen) atoms. The number of nitrogens with zero attached hydrogens (tertiary/aromatic N) is 2. The summed E-state index contributed by atoms with van der Waals surface area (Å²) in [5.74, 6) is 1.27. The minimum Gasteiger partial charge on any atom is -0.493 e. The molecule has 0 unspecified atom stereocenters. The van der Waals surface area contributed by atoms with Crippen LogP contribution in [0.25, 0.3) is 22.9 Å². The van der Waals surface area contributed by atoms with Gasteiger partial charge in [-0.2, -0.15) is 5.26 Å². The van der Waals surface area contributed by atoms with Crippen LogP contribution < -0.4 is 9.47 Å². The topological polar surface area (TPSA) is 55.1 Å². The average Bonchev–Trinajstić information content (AvgIpc) is 3.32. The van der Waals surface area contributed by atoms with Crippen molar-refractivity contribution in [1.29, 1.82) is 5.26 Å². The van der Waals surface area contributed by atoms with Gasteiger partial charge in [0, 0.05) is 10.9 Å². The van der Waals surface area contributed by atoms with Crippen LogP contribution in [-0.4, -0.2) is 12.1 Å². The second kappa shape index (κ2) is 9.95. The van der Waals surface area contributed by atoms with Gasteiger partial charge < -0.3 is 9.47 Å². The van der Waals surface area contributed by atoms with Crippen LogP contribution in [0.15, 0.2) is 78.2 Å².